The Bertz CT molecular complexity index is 869. The van der Waals surface area contributed by atoms with Crippen LogP contribution in [-0.4, -0.2) is 34.2 Å². The summed E-state index contributed by atoms with van der Waals surface area (Å²) in [4.78, 5) is 4.09. The topological polar surface area (TPSA) is 66.6 Å². The van der Waals surface area contributed by atoms with Gasteiger partial charge in [-0.3, -0.25) is 9.39 Å². The lowest BCUT2D eigenvalue weighted by Gasteiger charge is -2.12. The van der Waals surface area contributed by atoms with Gasteiger partial charge in [-0.05, 0) is 30.7 Å². The third kappa shape index (κ3) is 3.90. The summed E-state index contributed by atoms with van der Waals surface area (Å²) in [6, 6.07) is 9.51. The summed E-state index contributed by atoms with van der Waals surface area (Å²) in [6.45, 7) is 0.761. The van der Waals surface area contributed by atoms with Crippen LogP contribution in [0.5, 0.6) is 0 Å². The number of nitrogens with one attached hydrogen (secondary N) is 2. The Kier molecular flexibility index (Phi) is 5.17. The maximum atomic E-state index is 13.6. The first-order valence-electron chi connectivity index (χ1n) is 7.85. The summed E-state index contributed by atoms with van der Waals surface area (Å²) in [6.07, 6.45) is 2.09. The zero-order valence-corrected chi connectivity index (χ0v) is 13.7. The molecule has 0 saturated carbocycles. The number of aromatic nitrogens is 3. The number of fused-ring (bicyclic) bond motifs is 1. The van der Waals surface area contributed by atoms with Gasteiger partial charge in [0.2, 0.25) is 0 Å². The fourth-order valence-electron chi connectivity index (χ4n) is 2.47. The van der Waals surface area contributed by atoms with E-state index in [-0.39, 0.29) is 12.0 Å². The number of nitrogens with zero attached hydrogens (tertiary/aromatic N) is 4. The Morgan fingerprint density at radius 1 is 1.08 bits per heavy atom. The lowest BCUT2D eigenvalue weighted by atomic mass is 10.1. The van der Waals surface area contributed by atoms with Gasteiger partial charge in [0.25, 0.3) is 0 Å². The molecule has 2 heterocycles. The second-order valence-electron chi connectivity index (χ2n) is 5.35. The molecule has 0 aliphatic heterocycles. The van der Waals surface area contributed by atoms with Crippen LogP contribution in [0.15, 0.2) is 47.6 Å². The van der Waals surface area contributed by atoms with Crippen LogP contribution in [0.2, 0.25) is 0 Å². The molecule has 0 aliphatic carbocycles. The first-order valence-corrected chi connectivity index (χ1v) is 7.85. The van der Waals surface area contributed by atoms with E-state index < -0.39 is 11.6 Å². The molecule has 0 radical (unpaired) electrons. The van der Waals surface area contributed by atoms with Crippen molar-refractivity contribution in [3.63, 3.8) is 0 Å². The van der Waals surface area contributed by atoms with Crippen molar-refractivity contribution in [2.24, 2.45) is 4.99 Å². The van der Waals surface area contributed by atoms with Crippen LogP contribution in [0.4, 0.5) is 8.78 Å². The molecule has 130 valence electrons. The number of rotatable bonds is 5. The predicted molar refractivity (Wildman–Crippen MR) is 91.3 cm³/mol. The van der Waals surface area contributed by atoms with E-state index in [0.29, 0.717) is 19.0 Å². The largest absolute Gasteiger partial charge is 0.356 e. The standard InChI is InChI=1S/C17H18F2N6/c1-20-17(21-9-8-12-13(18)5-4-6-14(12)19)22-11-16-24-23-15-7-2-3-10-25(15)16/h2-7,10H,8-9,11H2,1H3,(H2,20,21,22). The molecule has 2 aromatic heterocycles. The molecule has 0 amide bonds. The number of benzene rings is 1. The number of hydrogen-bond donors (Lipinski definition) is 2. The van der Waals surface area contributed by atoms with Gasteiger partial charge in [0, 0.05) is 25.4 Å². The molecule has 0 unspecified atom stereocenters. The average molecular weight is 344 g/mol. The molecule has 0 fully saturated rings. The van der Waals surface area contributed by atoms with Gasteiger partial charge >= 0.3 is 0 Å². The minimum absolute atomic E-state index is 0.0638. The third-order valence-electron chi connectivity index (χ3n) is 3.75. The average Bonchev–Trinajstić information content (AvgIpc) is 3.03. The van der Waals surface area contributed by atoms with Crippen LogP contribution in [0.1, 0.15) is 11.4 Å². The van der Waals surface area contributed by atoms with Crippen molar-refractivity contribution in [3.8, 4) is 0 Å². The van der Waals surface area contributed by atoms with Crippen molar-refractivity contribution in [2.45, 2.75) is 13.0 Å². The highest BCUT2D eigenvalue weighted by Gasteiger charge is 2.09. The van der Waals surface area contributed by atoms with E-state index in [2.05, 4.69) is 25.8 Å². The van der Waals surface area contributed by atoms with Crippen LogP contribution in [-0.2, 0) is 13.0 Å². The van der Waals surface area contributed by atoms with E-state index in [1.54, 1.807) is 7.05 Å². The molecular weight excluding hydrogens is 326 g/mol. The fraction of sp³-hybridized carbons (Fsp3) is 0.235. The highest BCUT2D eigenvalue weighted by Crippen LogP contribution is 2.12. The normalized spacial score (nSPS) is 11.7. The smallest absolute Gasteiger partial charge is 0.191 e. The maximum Gasteiger partial charge on any atom is 0.191 e. The van der Waals surface area contributed by atoms with E-state index in [1.165, 1.54) is 18.2 Å². The molecule has 1 aromatic carbocycles. The lowest BCUT2D eigenvalue weighted by molar-refractivity contribution is 0.553. The monoisotopic (exact) mass is 344 g/mol. The van der Waals surface area contributed by atoms with E-state index in [4.69, 9.17) is 0 Å². The Morgan fingerprint density at radius 3 is 2.64 bits per heavy atom. The molecular formula is C17H18F2N6. The van der Waals surface area contributed by atoms with Gasteiger partial charge < -0.3 is 10.6 Å². The minimum Gasteiger partial charge on any atom is -0.356 e. The van der Waals surface area contributed by atoms with Gasteiger partial charge in [-0.15, -0.1) is 10.2 Å². The minimum atomic E-state index is -0.542. The van der Waals surface area contributed by atoms with E-state index >= 15 is 0 Å². The second-order valence-corrected chi connectivity index (χ2v) is 5.35. The zero-order valence-electron chi connectivity index (χ0n) is 13.7. The Hall–Kier alpha value is -3.03. The number of halogens is 2. The first kappa shape index (κ1) is 16.8. The van der Waals surface area contributed by atoms with Crippen molar-refractivity contribution in [3.05, 3.63) is 65.6 Å². The van der Waals surface area contributed by atoms with Crippen molar-refractivity contribution in [1.82, 2.24) is 25.2 Å². The van der Waals surface area contributed by atoms with Crippen LogP contribution in [0.25, 0.3) is 5.65 Å². The first-order chi connectivity index (χ1) is 12.2. The number of guanidine groups is 1. The number of hydrogen-bond acceptors (Lipinski definition) is 3. The number of pyridine rings is 1. The lowest BCUT2D eigenvalue weighted by Crippen LogP contribution is -2.38. The molecule has 8 heteroatoms. The predicted octanol–water partition coefficient (Wildman–Crippen LogP) is 1.92. The van der Waals surface area contributed by atoms with Gasteiger partial charge in [-0.2, -0.15) is 0 Å². The molecule has 3 aromatic rings. The van der Waals surface area contributed by atoms with Gasteiger partial charge in [-0.1, -0.05) is 12.1 Å². The molecule has 0 bridgehead atoms. The highest BCUT2D eigenvalue weighted by molar-refractivity contribution is 5.79. The quantitative estimate of drug-likeness (QED) is 0.548. The van der Waals surface area contributed by atoms with Crippen LogP contribution in [0, 0.1) is 11.6 Å². The fourth-order valence-corrected chi connectivity index (χ4v) is 2.47. The highest BCUT2D eigenvalue weighted by atomic mass is 19.1. The SMILES string of the molecule is CN=C(NCCc1c(F)cccc1F)NCc1nnc2ccccn12. The summed E-state index contributed by atoms with van der Waals surface area (Å²) in [5.41, 5.74) is 0.825. The van der Waals surface area contributed by atoms with E-state index in [9.17, 15) is 8.78 Å². The van der Waals surface area contributed by atoms with E-state index in [1.807, 2.05) is 28.8 Å². The molecule has 0 atom stereocenters. The molecule has 2 N–H and O–H groups in total. The van der Waals surface area contributed by atoms with Gasteiger partial charge in [0.15, 0.2) is 17.4 Å². The Labute approximate surface area is 143 Å². The zero-order chi connectivity index (χ0) is 17.6. The van der Waals surface area contributed by atoms with E-state index in [0.717, 1.165) is 11.5 Å². The van der Waals surface area contributed by atoms with Gasteiger partial charge in [0.1, 0.15) is 11.6 Å². The summed E-state index contributed by atoms with van der Waals surface area (Å²) >= 11 is 0. The van der Waals surface area contributed by atoms with Crippen LogP contribution >= 0.6 is 0 Å². The molecule has 0 spiro atoms. The molecule has 6 nitrogen and oxygen atoms in total. The number of aliphatic imine (C=N–C) groups is 1. The third-order valence-corrected chi connectivity index (χ3v) is 3.75. The summed E-state index contributed by atoms with van der Waals surface area (Å²) in [5, 5.41) is 14.3. The van der Waals surface area contributed by atoms with Crippen molar-refractivity contribution in [1.29, 1.82) is 0 Å². The van der Waals surface area contributed by atoms with Gasteiger partial charge in [0.05, 0.1) is 6.54 Å². The van der Waals surface area contributed by atoms with Crippen LogP contribution < -0.4 is 10.6 Å². The molecule has 25 heavy (non-hydrogen) atoms. The summed E-state index contributed by atoms with van der Waals surface area (Å²) in [7, 11) is 1.63. The maximum absolute atomic E-state index is 13.6. The van der Waals surface area contributed by atoms with Crippen molar-refractivity contribution >= 4 is 11.6 Å². The van der Waals surface area contributed by atoms with Crippen molar-refractivity contribution in [2.75, 3.05) is 13.6 Å². The van der Waals surface area contributed by atoms with Crippen LogP contribution in [0.3, 0.4) is 0 Å². The molecule has 0 aliphatic rings. The van der Waals surface area contributed by atoms with Crippen molar-refractivity contribution < 1.29 is 8.78 Å². The Balaban J connectivity index is 1.55. The molecule has 3 rings (SSSR count). The Morgan fingerprint density at radius 2 is 1.88 bits per heavy atom. The summed E-state index contributed by atoms with van der Waals surface area (Å²) < 4.78 is 29.1. The van der Waals surface area contributed by atoms with Gasteiger partial charge in [-0.25, -0.2) is 8.78 Å². The second kappa shape index (κ2) is 7.69. The molecule has 0 saturated heterocycles. The summed E-state index contributed by atoms with van der Waals surface area (Å²) in [5.74, 6) is 0.169.